The van der Waals surface area contributed by atoms with Gasteiger partial charge in [-0.3, -0.25) is 0 Å². The second-order valence-corrected chi connectivity index (χ2v) is 6.07. The summed E-state index contributed by atoms with van der Waals surface area (Å²) in [6.07, 6.45) is -0.961. The van der Waals surface area contributed by atoms with E-state index in [2.05, 4.69) is 10.0 Å². The molecule has 1 aliphatic rings. The predicted molar refractivity (Wildman–Crippen MR) is 94.6 cm³/mol. The van der Waals surface area contributed by atoms with Crippen molar-refractivity contribution >= 4 is 5.97 Å². The zero-order valence-corrected chi connectivity index (χ0v) is 15.3. The fraction of sp³-hybridized carbons (Fsp3) is 0.611. The minimum Gasteiger partial charge on any atom is -0.451 e. The Morgan fingerprint density at radius 2 is 2.04 bits per heavy atom. The number of nitrogens with zero attached hydrogens (tertiary/aromatic N) is 3. The molecule has 8 nitrogen and oxygen atoms in total. The van der Waals surface area contributed by atoms with Crippen LogP contribution < -0.4 is 0 Å². The topological polar surface area (TPSA) is 103 Å². The number of carbonyl (C=O) groups is 1. The van der Waals surface area contributed by atoms with Crippen LogP contribution in [-0.2, 0) is 18.9 Å². The fourth-order valence-corrected chi connectivity index (χ4v) is 2.84. The zero-order chi connectivity index (χ0) is 18.9. The van der Waals surface area contributed by atoms with Crippen LogP contribution in [0.2, 0.25) is 0 Å². The van der Waals surface area contributed by atoms with Gasteiger partial charge in [0.25, 0.3) is 0 Å². The van der Waals surface area contributed by atoms with Crippen LogP contribution in [0.4, 0.5) is 0 Å². The molecular formula is C18H25N3O5. The van der Waals surface area contributed by atoms with Gasteiger partial charge in [0.2, 0.25) is 0 Å². The van der Waals surface area contributed by atoms with E-state index in [1.165, 1.54) is 7.11 Å². The van der Waals surface area contributed by atoms with Gasteiger partial charge in [-0.05, 0) is 31.0 Å². The highest BCUT2D eigenvalue weighted by molar-refractivity contribution is 5.89. The number of hydrogen-bond donors (Lipinski definition) is 0. The Bertz CT molecular complexity index is 621. The van der Waals surface area contributed by atoms with Crippen LogP contribution in [0, 0.1) is 0 Å². The average Bonchev–Trinajstić information content (AvgIpc) is 2.66. The molecule has 0 bridgehead atoms. The molecule has 0 saturated carbocycles. The highest BCUT2D eigenvalue weighted by Crippen LogP contribution is 2.29. The van der Waals surface area contributed by atoms with E-state index < -0.39 is 36.6 Å². The first-order valence-electron chi connectivity index (χ1n) is 8.72. The third kappa shape index (κ3) is 4.95. The van der Waals surface area contributed by atoms with Crippen LogP contribution >= 0.6 is 0 Å². The van der Waals surface area contributed by atoms with Gasteiger partial charge in [-0.1, -0.05) is 36.7 Å². The lowest BCUT2D eigenvalue weighted by Crippen LogP contribution is -2.59. The SMILES string of the molecule is CCCCOC1[C@H](N=[N+]=[N-])C(C)O[C@H](OC)[C@@H]1OC(=O)c1ccccc1. The summed E-state index contributed by atoms with van der Waals surface area (Å²) in [5.41, 5.74) is 9.31. The highest BCUT2D eigenvalue weighted by atomic mass is 16.7. The molecule has 0 aliphatic carbocycles. The van der Waals surface area contributed by atoms with Crippen LogP contribution in [0.1, 0.15) is 37.0 Å². The predicted octanol–water partition coefficient (Wildman–Crippen LogP) is 3.47. The van der Waals surface area contributed by atoms with Crippen molar-refractivity contribution in [3.8, 4) is 0 Å². The van der Waals surface area contributed by atoms with Crippen molar-refractivity contribution in [2.75, 3.05) is 13.7 Å². The average molecular weight is 363 g/mol. The van der Waals surface area contributed by atoms with Crippen LogP contribution in [0.15, 0.2) is 35.4 Å². The van der Waals surface area contributed by atoms with E-state index in [9.17, 15) is 4.79 Å². The Balaban J connectivity index is 2.25. The Labute approximate surface area is 153 Å². The lowest BCUT2D eigenvalue weighted by molar-refractivity contribution is -0.266. The van der Waals surface area contributed by atoms with Crippen molar-refractivity contribution in [3.63, 3.8) is 0 Å². The van der Waals surface area contributed by atoms with E-state index in [1.807, 2.05) is 13.0 Å². The molecule has 1 heterocycles. The second kappa shape index (κ2) is 10.1. The van der Waals surface area contributed by atoms with E-state index >= 15 is 0 Å². The molecule has 2 unspecified atom stereocenters. The lowest BCUT2D eigenvalue weighted by atomic mass is 9.97. The van der Waals surface area contributed by atoms with Crippen molar-refractivity contribution in [2.24, 2.45) is 5.11 Å². The largest absolute Gasteiger partial charge is 0.451 e. The Morgan fingerprint density at radius 1 is 1.31 bits per heavy atom. The third-order valence-electron chi connectivity index (χ3n) is 4.24. The van der Waals surface area contributed by atoms with Crippen molar-refractivity contribution in [1.82, 2.24) is 0 Å². The molecule has 0 N–H and O–H groups in total. The summed E-state index contributed by atoms with van der Waals surface area (Å²) in [5, 5.41) is 3.81. The number of esters is 1. The molecule has 142 valence electrons. The monoisotopic (exact) mass is 363 g/mol. The van der Waals surface area contributed by atoms with E-state index in [-0.39, 0.29) is 0 Å². The van der Waals surface area contributed by atoms with Crippen LogP contribution in [0.3, 0.4) is 0 Å². The van der Waals surface area contributed by atoms with Crippen LogP contribution in [0.5, 0.6) is 0 Å². The number of rotatable bonds is 8. The fourth-order valence-electron chi connectivity index (χ4n) is 2.84. The molecule has 0 aromatic heterocycles. The smallest absolute Gasteiger partial charge is 0.338 e. The first kappa shape index (κ1) is 20.2. The maximum Gasteiger partial charge on any atom is 0.338 e. The number of hydrogen-bond acceptors (Lipinski definition) is 6. The van der Waals surface area contributed by atoms with Gasteiger partial charge in [0.05, 0.1) is 17.7 Å². The van der Waals surface area contributed by atoms with Gasteiger partial charge in [0.15, 0.2) is 12.4 Å². The first-order valence-corrected chi connectivity index (χ1v) is 8.72. The standard InChI is InChI=1S/C18H25N3O5/c1-4-5-11-24-15-14(20-21-19)12(2)25-18(23-3)16(15)26-17(22)13-9-7-6-8-10-13/h6-10,12,14-16,18H,4-5,11H2,1-3H3/t12?,14-,15?,16-,18+/m1/s1. The van der Waals surface area contributed by atoms with Gasteiger partial charge in [0.1, 0.15) is 6.10 Å². The number of methoxy groups -OCH3 is 1. The molecule has 1 aromatic rings. The Hall–Kier alpha value is -2.12. The van der Waals surface area contributed by atoms with Gasteiger partial charge in [-0.2, -0.15) is 0 Å². The van der Waals surface area contributed by atoms with Gasteiger partial charge in [-0.25, -0.2) is 4.79 Å². The molecule has 0 spiro atoms. The summed E-state index contributed by atoms with van der Waals surface area (Å²) in [6.45, 7) is 4.28. The summed E-state index contributed by atoms with van der Waals surface area (Å²) in [6, 6.07) is 8.01. The van der Waals surface area contributed by atoms with Gasteiger partial charge in [-0.15, -0.1) is 0 Å². The second-order valence-electron chi connectivity index (χ2n) is 6.07. The molecule has 1 fully saturated rings. The molecule has 1 saturated heterocycles. The highest BCUT2D eigenvalue weighted by Gasteiger charge is 2.47. The minimum atomic E-state index is -0.851. The van der Waals surface area contributed by atoms with E-state index in [0.717, 1.165) is 12.8 Å². The van der Waals surface area contributed by atoms with E-state index in [0.29, 0.717) is 12.2 Å². The van der Waals surface area contributed by atoms with Gasteiger partial charge < -0.3 is 18.9 Å². The van der Waals surface area contributed by atoms with Crippen molar-refractivity contribution in [2.45, 2.75) is 57.3 Å². The molecule has 26 heavy (non-hydrogen) atoms. The molecular weight excluding hydrogens is 338 g/mol. The number of carbonyl (C=O) groups excluding carboxylic acids is 1. The molecule has 0 amide bonds. The Morgan fingerprint density at radius 3 is 2.65 bits per heavy atom. The van der Waals surface area contributed by atoms with Crippen molar-refractivity contribution < 1.29 is 23.7 Å². The molecule has 0 radical (unpaired) electrons. The van der Waals surface area contributed by atoms with Crippen molar-refractivity contribution in [1.29, 1.82) is 0 Å². The molecule has 2 rings (SSSR count). The summed E-state index contributed by atoms with van der Waals surface area (Å²) in [4.78, 5) is 15.4. The Kier molecular flexibility index (Phi) is 7.87. The summed E-state index contributed by atoms with van der Waals surface area (Å²) >= 11 is 0. The third-order valence-corrected chi connectivity index (χ3v) is 4.24. The lowest BCUT2D eigenvalue weighted by Gasteiger charge is -2.42. The molecule has 1 aliphatic heterocycles. The van der Waals surface area contributed by atoms with Gasteiger partial charge >= 0.3 is 5.97 Å². The van der Waals surface area contributed by atoms with Crippen LogP contribution in [0.25, 0.3) is 10.4 Å². The molecule has 8 heteroatoms. The molecule has 5 atom stereocenters. The number of unbranched alkanes of at least 4 members (excludes halogenated alkanes) is 1. The number of ether oxygens (including phenoxy) is 4. The maximum atomic E-state index is 12.5. The summed E-state index contributed by atoms with van der Waals surface area (Å²) < 4.78 is 22.7. The first-order chi connectivity index (χ1) is 12.6. The quantitative estimate of drug-likeness (QED) is 0.231. The summed E-state index contributed by atoms with van der Waals surface area (Å²) in [7, 11) is 1.47. The zero-order valence-electron chi connectivity index (χ0n) is 15.3. The number of benzene rings is 1. The van der Waals surface area contributed by atoms with Gasteiger partial charge in [0, 0.05) is 18.6 Å². The maximum absolute atomic E-state index is 12.5. The summed E-state index contributed by atoms with van der Waals surface area (Å²) in [5.74, 6) is -0.514. The van der Waals surface area contributed by atoms with E-state index in [1.54, 1.807) is 31.2 Å². The molecule has 1 aromatic carbocycles. The van der Waals surface area contributed by atoms with E-state index in [4.69, 9.17) is 24.5 Å². The normalized spacial score (nSPS) is 28.2. The minimum absolute atomic E-state index is 0.411. The van der Waals surface area contributed by atoms with Crippen LogP contribution in [-0.4, -0.2) is 50.3 Å². The van der Waals surface area contributed by atoms with Crippen molar-refractivity contribution in [3.05, 3.63) is 46.3 Å². The number of azide groups is 1.